The minimum absolute atomic E-state index is 0.595. The molecule has 0 aromatic heterocycles. The van der Waals surface area contributed by atoms with E-state index in [2.05, 4.69) is 26.0 Å². The summed E-state index contributed by atoms with van der Waals surface area (Å²) in [5.41, 5.74) is 4.77. The summed E-state index contributed by atoms with van der Waals surface area (Å²) in [7, 11) is 0. The average Bonchev–Trinajstić information content (AvgIpc) is 3.18. The fraction of sp³-hybridized carbons (Fsp3) is 0.500. The van der Waals surface area contributed by atoms with Crippen molar-refractivity contribution >= 4 is 23.3 Å². The fourth-order valence-electron chi connectivity index (χ4n) is 6.40. The van der Waals surface area contributed by atoms with Gasteiger partial charge in [-0.05, 0) is 95.8 Å². The Hall–Kier alpha value is -4.28. The lowest BCUT2D eigenvalue weighted by Gasteiger charge is -2.08. The van der Waals surface area contributed by atoms with Gasteiger partial charge in [0.2, 0.25) is 0 Å². The molecular weight excluding hydrogens is 637 g/mol. The number of allylic oxidation sites excluding steroid dienone is 2. The number of benzene rings is 3. The Bertz CT molecular complexity index is 1390. The summed E-state index contributed by atoms with van der Waals surface area (Å²) in [6.07, 6.45) is 30.0. The van der Waals surface area contributed by atoms with Gasteiger partial charge in [-0.2, -0.15) is 10.5 Å². The number of ether oxygens (including phenoxy) is 2. The maximum atomic E-state index is 9.90. The Morgan fingerprint density at radius 1 is 0.423 bits per heavy atom. The van der Waals surface area contributed by atoms with E-state index < -0.39 is 0 Å². The van der Waals surface area contributed by atoms with Gasteiger partial charge in [0.1, 0.15) is 11.5 Å². The first kappa shape index (κ1) is 42.1. The summed E-state index contributed by atoms with van der Waals surface area (Å²) < 4.78 is 11.9. The minimum Gasteiger partial charge on any atom is -0.494 e. The number of hydrogen-bond donors (Lipinski definition) is 0. The smallest absolute Gasteiger partial charge is 0.119 e. The highest BCUT2D eigenvalue weighted by Gasteiger charge is 2.05. The molecule has 0 N–H and O–H groups in total. The molecule has 4 heteroatoms. The molecule has 278 valence electrons. The first-order valence-corrected chi connectivity index (χ1v) is 20.5. The molecule has 0 aliphatic heterocycles. The van der Waals surface area contributed by atoms with E-state index in [1.54, 1.807) is 0 Å². The molecule has 0 heterocycles. The highest BCUT2D eigenvalue weighted by Crippen LogP contribution is 2.24. The van der Waals surface area contributed by atoms with E-state index in [9.17, 15) is 10.5 Å². The lowest BCUT2D eigenvalue weighted by Crippen LogP contribution is -1.97. The molecule has 3 aromatic carbocycles. The topological polar surface area (TPSA) is 66.0 Å². The summed E-state index contributed by atoms with van der Waals surface area (Å²) in [4.78, 5) is 0. The van der Waals surface area contributed by atoms with Crippen LogP contribution in [0.3, 0.4) is 0 Å². The summed E-state index contributed by atoms with van der Waals surface area (Å²) in [5.74, 6) is 1.68. The van der Waals surface area contributed by atoms with E-state index >= 15 is 0 Å². The number of nitrogens with zero attached hydrogens (tertiary/aromatic N) is 2. The zero-order chi connectivity index (χ0) is 36.9. The Balaban J connectivity index is 1.40. The number of nitriles is 2. The summed E-state index contributed by atoms with van der Waals surface area (Å²) in [6.45, 7) is 5.98. The number of unbranched alkanes of at least 4 members (excludes halogenated alkanes) is 18. The van der Waals surface area contributed by atoms with Gasteiger partial charge in [0.15, 0.2) is 0 Å². The van der Waals surface area contributed by atoms with Gasteiger partial charge >= 0.3 is 0 Å². The minimum atomic E-state index is 0.595. The second-order valence-electron chi connectivity index (χ2n) is 14.1. The van der Waals surface area contributed by atoms with Crippen molar-refractivity contribution in [1.82, 2.24) is 0 Å². The highest BCUT2D eigenvalue weighted by atomic mass is 16.5. The predicted octanol–water partition coefficient (Wildman–Crippen LogP) is 14.4. The van der Waals surface area contributed by atoms with Crippen molar-refractivity contribution in [1.29, 1.82) is 10.5 Å². The van der Waals surface area contributed by atoms with Gasteiger partial charge in [0.25, 0.3) is 0 Å². The van der Waals surface area contributed by atoms with Gasteiger partial charge in [-0.25, -0.2) is 0 Å². The zero-order valence-electron chi connectivity index (χ0n) is 32.4. The third-order valence-electron chi connectivity index (χ3n) is 9.66. The van der Waals surface area contributed by atoms with E-state index in [0.29, 0.717) is 11.1 Å². The van der Waals surface area contributed by atoms with Crippen LogP contribution >= 0.6 is 0 Å². The molecule has 4 nitrogen and oxygen atoms in total. The van der Waals surface area contributed by atoms with Gasteiger partial charge in [0.05, 0.1) is 36.5 Å². The van der Waals surface area contributed by atoms with E-state index in [1.165, 1.54) is 116 Å². The number of rotatable bonds is 28. The Morgan fingerprint density at radius 3 is 1.00 bits per heavy atom. The summed E-state index contributed by atoms with van der Waals surface area (Å²) in [5, 5.41) is 19.8. The maximum absolute atomic E-state index is 9.90. The van der Waals surface area contributed by atoms with Crippen LogP contribution < -0.4 is 9.47 Å². The normalized spacial score (nSPS) is 11.6. The lowest BCUT2D eigenvalue weighted by molar-refractivity contribution is 0.304. The van der Waals surface area contributed by atoms with Crippen LogP contribution in [-0.4, -0.2) is 13.2 Å². The molecule has 0 saturated carbocycles. The molecule has 0 unspecified atom stereocenters. The molecule has 0 aliphatic rings. The lowest BCUT2D eigenvalue weighted by atomic mass is 10.0. The van der Waals surface area contributed by atoms with Crippen molar-refractivity contribution in [2.75, 3.05) is 13.2 Å². The summed E-state index contributed by atoms with van der Waals surface area (Å²) >= 11 is 0. The van der Waals surface area contributed by atoms with Gasteiger partial charge in [-0.15, -0.1) is 0 Å². The van der Waals surface area contributed by atoms with E-state index in [4.69, 9.17) is 9.47 Å². The van der Waals surface area contributed by atoms with Crippen LogP contribution in [0.5, 0.6) is 11.5 Å². The fourth-order valence-corrected chi connectivity index (χ4v) is 6.40. The molecule has 0 radical (unpaired) electrons. The second kappa shape index (κ2) is 27.4. The molecule has 3 aromatic rings. The Kier molecular flexibility index (Phi) is 22.2. The molecule has 0 bridgehead atoms. The molecule has 3 rings (SSSR count). The van der Waals surface area contributed by atoms with Crippen molar-refractivity contribution < 1.29 is 9.47 Å². The Morgan fingerprint density at radius 2 is 0.712 bits per heavy atom. The molecule has 0 aliphatic carbocycles. The van der Waals surface area contributed by atoms with E-state index in [0.717, 1.165) is 59.8 Å². The first-order chi connectivity index (χ1) is 25.7. The van der Waals surface area contributed by atoms with Gasteiger partial charge in [-0.3, -0.25) is 0 Å². The van der Waals surface area contributed by atoms with Crippen molar-refractivity contribution in [2.24, 2.45) is 0 Å². The molecular formula is C48H64N2O2. The van der Waals surface area contributed by atoms with Crippen LogP contribution in [0, 0.1) is 22.7 Å². The molecule has 0 saturated heterocycles. The Labute approximate surface area is 316 Å². The van der Waals surface area contributed by atoms with Crippen LogP contribution in [0.1, 0.15) is 165 Å². The van der Waals surface area contributed by atoms with Crippen LogP contribution in [0.15, 0.2) is 72.8 Å². The predicted molar refractivity (Wildman–Crippen MR) is 221 cm³/mol. The molecule has 0 amide bonds. The number of hydrogen-bond acceptors (Lipinski definition) is 4. The van der Waals surface area contributed by atoms with Crippen LogP contribution in [0.25, 0.3) is 23.3 Å². The van der Waals surface area contributed by atoms with Crippen LogP contribution in [0.4, 0.5) is 0 Å². The van der Waals surface area contributed by atoms with Crippen molar-refractivity contribution in [3.05, 3.63) is 95.1 Å². The van der Waals surface area contributed by atoms with Crippen molar-refractivity contribution in [3.63, 3.8) is 0 Å². The standard InChI is InChI=1S/C48H64N2O2/c1-3-5-7-9-11-13-15-17-19-21-35-51-47-31-27-43(28-32-47)45(39-49)37-41-23-25-42(26-24-41)38-46(40-50)44-29-33-48(34-30-44)52-36-22-20-18-16-14-12-10-8-6-4-2/h23-34,37-38H,3-22,35-36H2,1-2H3/b45-37-,46-38+. The van der Waals surface area contributed by atoms with Gasteiger partial charge < -0.3 is 9.47 Å². The van der Waals surface area contributed by atoms with Gasteiger partial charge in [0, 0.05) is 0 Å². The summed E-state index contributed by atoms with van der Waals surface area (Å²) in [6, 6.07) is 28.2. The largest absolute Gasteiger partial charge is 0.494 e. The van der Waals surface area contributed by atoms with Crippen molar-refractivity contribution in [2.45, 2.75) is 142 Å². The third kappa shape index (κ3) is 17.8. The zero-order valence-corrected chi connectivity index (χ0v) is 32.4. The monoisotopic (exact) mass is 700 g/mol. The maximum Gasteiger partial charge on any atom is 0.119 e. The van der Waals surface area contributed by atoms with Crippen LogP contribution in [0.2, 0.25) is 0 Å². The van der Waals surface area contributed by atoms with Crippen molar-refractivity contribution in [3.8, 4) is 23.6 Å². The molecule has 0 atom stereocenters. The van der Waals surface area contributed by atoms with E-state index in [-0.39, 0.29) is 0 Å². The third-order valence-corrected chi connectivity index (χ3v) is 9.66. The molecule has 0 spiro atoms. The molecule has 52 heavy (non-hydrogen) atoms. The molecule has 0 fully saturated rings. The highest BCUT2D eigenvalue weighted by molar-refractivity contribution is 5.91. The quantitative estimate of drug-likeness (QED) is 0.0430. The first-order valence-electron chi connectivity index (χ1n) is 20.5. The van der Waals surface area contributed by atoms with E-state index in [1.807, 2.05) is 84.9 Å². The van der Waals surface area contributed by atoms with Crippen LogP contribution in [-0.2, 0) is 0 Å². The average molecular weight is 701 g/mol. The second-order valence-corrected chi connectivity index (χ2v) is 14.1. The van der Waals surface area contributed by atoms with Gasteiger partial charge in [-0.1, -0.05) is 154 Å². The SMILES string of the molecule is CCCCCCCCCCCCOc1ccc(/C(C#N)=C/c2ccc(/C=C(/C#N)c3ccc(OCCCCCCCCCCCC)cc3)cc2)cc1.